The fourth-order valence-corrected chi connectivity index (χ4v) is 2.87. The van der Waals surface area contributed by atoms with Crippen LogP contribution in [-0.4, -0.2) is 44.3 Å². The highest BCUT2D eigenvalue weighted by Crippen LogP contribution is 2.19. The lowest BCUT2D eigenvalue weighted by molar-refractivity contribution is 0.287. The van der Waals surface area contributed by atoms with Gasteiger partial charge < -0.3 is 4.90 Å². The third-order valence-corrected chi connectivity index (χ3v) is 4.34. The zero-order valence-electron chi connectivity index (χ0n) is 14.1. The van der Waals surface area contributed by atoms with Crippen LogP contribution in [0.2, 0.25) is 0 Å². The monoisotopic (exact) mass is 329 g/mol. The van der Waals surface area contributed by atoms with Gasteiger partial charge in [0.25, 0.3) is 5.56 Å². The van der Waals surface area contributed by atoms with Crippen LogP contribution in [0.4, 0.5) is 4.39 Å². The summed E-state index contributed by atoms with van der Waals surface area (Å²) in [5.74, 6) is 0.235. The van der Waals surface area contributed by atoms with Crippen molar-refractivity contribution in [2.24, 2.45) is 0 Å². The normalized spacial score (nSPS) is 11.7. The summed E-state index contributed by atoms with van der Waals surface area (Å²) in [6, 6.07) is 4.23. The van der Waals surface area contributed by atoms with Crippen molar-refractivity contribution in [3.8, 4) is 0 Å². The average molecular weight is 329 g/mol. The quantitative estimate of drug-likeness (QED) is 0.671. The Bertz CT molecular complexity index is 949. The number of rotatable bonds is 5. The van der Waals surface area contributed by atoms with Crippen molar-refractivity contribution in [1.82, 2.24) is 24.6 Å². The minimum absolute atomic E-state index is 0.205. The highest BCUT2D eigenvalue weighted by atomic mass is 19.1. The first-order chi connectivity index (χ1) is 11.5. The Morgan fingerprint density at radius 3 is 2.62 bits per heavy atom. The summed E-state index contributed by atoms with van der Waals surface area (Å²) in [4.78, 5) is 19.6. The summed E-state index contributed by atoms with van der Waals surface area (Å²) >= 11 is 0. The second-order valence-corrected chi connectivity index (χ2v) is 5.70. The van der Waals surface area contributed by atoms with Crippen molar-refractivity contribution < 1.29 is 4.39 Å². The molecular weight excluding hydrogens is 309 g/mol. The number of likely N-dealkylation sites (N-methyl/N-ethyl adjacent to an activating group) is 1. The molecule has 126 valence electrons. The van der Waals surface area contributed by atoms with Crippen LogP contribution in [0.25, 0.3) is 21.9 Å². The number of aryl methyl sites for hydroxylation is 1. The van der Waals surface area contributed by atoms with E-state index < -0.39 is 0 Å². The molecule has 3 rings (SSSR count). The molecule has 0 saturated heterocycles. The van der Waals surface area contributed by atoms with Crippen LogP contribution in [0, 0.1) is 12.7 Å². The van der Waals surface area contributed by atoms with Crippen LogP contribution in [0.1, 0.15) is 19.7 Å². The molecule has 6 nitrogen and oxygen atoms in total. The van der Waals surface area contributed by atoms with E-state index in [0.717, 1.165) is 19.6 Å². The van der Waals surface area contributed by atoms with Gasteiger partial charge in [0.1, 0.15) is 17.2 Å². The fraction of sp³-hybridized carbons (Fsp3) is 0.412. The zero-order valence-corrected chi connectivity index (χ0v) is 14.1. The highest BCUT2D eigenvalue weighted by molar-refractivity contribution is 6.00. The third kappa shape index (κ3) is 2.87. The molecule has 0 spiro atoms. The van der Waals surface area contributed by atoms with Crippen LogP contribution in [0.15, 0.2) is 23.0 Å². The number of fused-ring (bicyclic) bond motifs is 3. The smallest absolute Gasteiger partial charge is 0.282 e. The van der Waals surface area contributed by atoms with E-state index in [1.54, 1.807) is 17.6 Å². The Morgan fingerprint density at radius 1 is 1.17 bits per heavy atom. The Labute approximate surface area is 138 Å². The lowest BCUT2D eigenvalue weighted by atomic mass is 10.2. The number of halogens is 1. The molecule has 2 heterocycles. The van der Waals surface area contributed by atoms with Crippen LogP contribution in [-0.2, 0) is 6.54 Å². The van der Waals surface area contributed by atoms with E-state index in [9.17, 15) is 9.18 Å². The Morgan fingerprint density at radius 2 is 1.92 bits per heavy atom. The number of aromatic nitrogens is 4. The molecule has 0 N–H and O–H groups in total. The maximum atomic E-state index is 13.3. The van der Waals surface area contributed by atoms with Crippen molar-refractivity contribution in [1.29, 1.82) is 0 Å². The first kappa shape index (κ1) is 16.4. The molecule has 0 unspecified atom stereocenters. The number of hydrogen-bond acceptors (Lipinski definition) is 5. The molecule has 0 amide bonds. The highest BCUT2D eigenvalue weighted by Gasteiger charge is 2.14. The predicted molar refractivity (Wildman–Crippen MR) is 91.6 cm³/mol. The molecule has 0 atom stereocenters. The van der Waals surface area contributed by atoms with E-state index in [-0.39, 0.29) is 16.9 Å². The van der Waals surface area contributed by atoms with Gasteiger partial charge in [-0.1, -0.05) is 13.8 Å². The molecule has 0 radical (unpaired) electrons. The predicted octanol–water partition coefficient (Wildman–Crippen LogP) is 2.13. The van der Waals surface area contributed by atoms with E-state index in [0.29, 0.717) is 28.8 Å². The molecule has 2 aromatic heterocycles. The van der Waals surface area contributed by atoms with Gasteiger partial charge in [-0.3, -0.25) is 9.36 Å². The first-order valence-electron chi connectivity index (χ1n) is 8.10. The molecule has 1 aromatic carbocycles. The summed E-state index contributed by atoms with van der Waals surface area (Å²) in [6.45, 7) is 9.18. The zero-order chi connectivity index (χ0) is 17.3. The summed E-state index contributed by atoms with van der Waals surface area (Å²) in [6.07, 6.45) is 0. The van der Waals surface area contributed by atoms with Crippen molar-refractivity contribution in [2.75, 3.05) is 19.6 Å². The van der Waals surface area contributed by atoms with Crippen molar-refractivity contribution in [3.63, 3.8) is 0 Å². The maximum Gasteiger partial charge on any atom is 0.282 e. The van der Waals surface area contributed by atoms with E-state index in [1.165, 1.54) is 12.1 Å². The van der Waals surface area contributed by atoms with Gasteiger partial charge in [-0.15, -0.1) is 10.2 Å². The van der Waals surface area contributed by atoms with Gasteiger partial charge in [-0.05, 0) is 32.1 Å². The molecule has 24 heavy (non-hydrogen) atoms. The van der Waals surface area contributed by atoms with Crippen LogP contribution in [0.3, 0.4) is 0 Å². The third-order valence-electron chi connectivity index (χ3n) is 4.34. The van der Waals surface area contributed by atoms with Crippen molar-refractivity contribution >= 4 is 21.9 Å². The standard InChI is InChI=1S/C17H20FN5O/c1-4-22(5-2)8-9-23-11(3)19-15-13-7-6-12(18)10-14(13)20-21-16(15)17(23)24/h6-7,10H,4-5,8-9H2,1-3H3. The van der Waals surface area contributed by atoms with Gasteiger partial charge in [-0.2, -0.15) is 0 Å². The summed E-state index contributed by atoms with van der Waals surface area (Å²) in [5.41, 5.74) is 0.888. The minimum Gasteiger partial charge on any atom is -0.302 e. The second kappa shape index (κ2) is 6.60. The van der Waals surface area contributed by atoms with E-state index in [4.69, 9.17) is 0 Å². The Kier molecular flexibility index (Phi) is 4.53. The largest absolute Gasteiger partial charge is 0.302 e. The number of nitrogens with zero attached hydrogens (tertiary/aromatic N) is 5. The van der Waals surface area contributed by atoms with E-state index in [1.807, 2.05) is 0 Å². The summed E-state index contributed by atoms with van der Waals surface area (Å²) in [5, 5.41) is 8.61. The summed E-state index contributed by atoms with van der Waals surface area (Å²) in [7, 11) is 0. The minimum atomic E-state index is -0.388. The molecule has 0 saturated carbocycles. The number of benzene rings is 1. The van der Waals surface area contributed by atoms with Gasteiger partial charge >= 0.3 is 0 Å². The lowest BCUT2D eigenvalue weighted by Gasteiger charge is -2.19. The van der Waals surface area contributed by atoms with Gasteiger partial charge in [0, 0.05) is 24.5 Å². The summed E-state index contributed by atoms with van der Waals surface area (Å²) < 4.78 is 15.0. The maximum absolute atomic E-state index is 13.3. The van der Waals surface area contributed by atoms with Gasteiger partial charge in [0.2, 0.25) is 0 Å². The van der Waals surface area contributed by atoms with Crippen molar-refractivity contribution in [3.05, 3.63) is 40.2 Å². The molecular formula is C17H20FN5O. The van der Waals surface area contributed by atoms with E-state index in [2.05, 4.69) is 33.9 Å². The fourth-order valence-electron chi connectivity index (χ4n) is 2.87. The van der Waals surface area contributed by atoms with Gasteiger partial charge in [-0.25, -0.2) is 9.37 Å². The molecule has 3 aromatic rings. The van der Waals surface area contributed by atoms with E-state index >= 15 is 0 Å². The molecule has 0 aliphatic heterocycles. The Hall–Kier alpha value is -2.41. The SMILES string of the molecule is CCN(CC)CCn1c(C)nc2c(nnc3cc(F)ccc32)c1=O. The van der Waals surface area contributed by atoms with Crippen LogP contribution >= 0.6 is 0 Å². The molecule has 0 aliphatic carbocycles. The number of hydrogen-bond donors (Lipinski definition) is 0. The van der Waals surface area contributed by atoms with Crippen molar-refractivity contribution in [2.45, 2.75) is 27.3 Å². The van der Waals surface area contributed by atoms with Gasteiger partial charge in [0.15, 0.2) is 5.52 Å². The molecule has 7 heteroatoms. The van der Waals surface area contributed by atoms with Crippen LogP contribution < -0.4 is 5.56 Å². The first-order valence-corrected chi connectivity index (χ1v) is 8.10. The molecule has 0 fully saturated rings. The topological polar surface area (TPSA) is 63.9 Å². The van der Waals surface area contributed by atoms with Crippen LogP contribution in [0.5, 0.6) is 0 Å². The Balaban J connectivity index is 2.12. The second-order valence-electron chi connectivity index (χ2n) is 5.70. The van der Waals surface area contributed by atoms with Gasteiger partial charge in [0.05, 0.1) is 5.52 Å². The lowest BCUT2D eigenvalue weighted by Crippen LogP contribution is -2.32. The average Bonchev–Trinajstić information content (AvgIpc) is 2.57. The molecule has 0 bridgehead atoms. The molecule has 0 aliphatic rings.